The van der Waals surface area contributed by atoms with Gasteiger partial charge in [-0.25, -0.2) is 8.78 Å². The van der Waals surface area contributed by atoms with Gasteiger partial charge >= 0.3 is 0 Å². The third-order valence-corrected chi connectivity index (χ3v) is 3.18. The van der Waals surface area contributed by atoms with Gasteiger partial charge in [0.1, 0.15) is 11.6 Å². The van der Waals surface area contributed by atoms with Gasteiger partial charge in [0, 0.05) is 19.1 Å². The fourth-order valence-electron chi connectivity index (χ4n) is 2.20. The van der Waals surface area contributed by atoms with E-state index >= 15 is 0 Å². The van der Waals surface area contributed by atoms with Gasteiger partial charge in [-0.2, -0.15) is 4.98 Å². The molecule has 1 fully saturated rings. The van der Waals surface area contributed by atoms with Gasteiger partial charge in [0.25, 0.3) is 0 Å². The molecule has 100 valence electrons. The minimum Gasteiger partial charge on any atom is -0.338 e. The fraction of sp³-hybridized carbons (Fsp3) is 0.333. The standard InChI is InChI=1S/C12H13F2N5/c13-8-2-1-3-9(14)10(8)11-16-12(18-17-11)19-5-4-7(15)6-19/h1-3,7H,4-6,15H2,(H,16,17,18). The van der Waals surface area contributed by atoms with Crippen molar-refractivity contribution < 1.29 is 8.78 Å². The van der Waals surface area contributed by atoms with Gasteiger partial charge in [-0.15, -0.1) is 5.10 Å². The maximum absolute atomic E-state index is 13.6. The molecule has 3 N–H and O–H groups in total. The molecule has 1 unspecified atom stereocenters. The van der Waals surface area contributed by atoms with Crippen molar-refractivity contribution in [3.8, 4) is 11.4 Å². The second kappa shape index (κ2) is 4.58. The highest BCUT2D eigenvalue weighted by atomic mass is 19.1. The van der Waals surface area contributed by atoms with Crippen LogP contribution in [0.4, 0.5) is 14.7 Å². The van der Waals surface area contributed by atoms with Crippen molar-refractivity contribution in [2.45, 2.75) is 12.5 Å². The van der Waals surface area contributed by atoms with E-state index in [0.29, 0.717) is 12.5 Å². The van der Waals surface area contributed by atoms with Crippen LogP contribution in [0.3, 0.4) is 0 Å². The van der Waals surface area contributed by atoms with E-state index in [1.54, 1.807) is 0 Å². The molecule has 1 aliphatic heterocycles. The predicted octanol–water partition coefficient (Wildman–Crippen LogP) is 1.29. The molecule has 19 heavy (non-hydrogen) atoms. The van der Waals surface area contributed by atoms with Gasteiger partial charge in [0.15, 0.2) is 5.82 Å². The molecule has 0 bridgehead atoms. The number of nitrogens with two attached hydrogens (primary N) is 1. The Labute approximate surface area is 108 Å². The highest BCUT2D eigenvalue weighted by Crippen LogP contribution is 2.24. The third kappa shape index (κ3) is 2.17. The van der Waals surface area contributed by atoms with Crippen molar-refractivity contribution in [1.29, 1.82) is 0 Å². The van der Waals surface area contributed by atoms with Crippen LogP contribution in [0.1, 0.15) is 6.42 Å². The average Bonchev–Trinajstić information content (AvgIpc) is 2.98. The summed E-state index contributed by atoms with van der Waals surface area (Å²) < 4.78 is 27.2. The number of hydrogen-bond acceptors (Lipinski definition) is 4. The van der Waals surface area contributed by atoms with Crippen molar-refractivity contribution in [3.05, 3.63) is 29.8 Å². The first kappa shape index (κ1) is 12.0. The first-order valence-electron chi connectivity index (χ1n) is 6.02. The molecule has 1 atom stereocenters. The lowest BCUT2D eigenvalue weighted by Crippen LogP contribution is -2.26. The number of aromatic amines is 1. The molecule has 2 heterocycles. The normalized spacial score (nSPS) is 19.1. The summed E-state index contributed by atoms with van der Waals surface area (Å²) in [5.41, 5.74) is 5.61. The first-order chi connectivity index (χ1) is 9.15. The zero-order valence-corrected chi connectivity index (χ0v) is 10.1. The van der Waals surface area contributed by atoms with Crippen LogP contribution in [0.5, 0.6) is 0 Å². The van der Waals surface area contributed by atoms with Crippen LogP contribution in [0.15, 0.2) is 18.2 Å². The molecule has 0 amide bonds. The molecular weight excluding hydrogens is 252 g/mol. The van der Waals surface area contributed by atoms with E-state index in [9.17, 15) is 8.78 Å². The Kier molecular flexibility index (Phi) is 2.90. The van der Waals surface area contributed by atoms with Crippen molar-refractivity contribution >= 4 is 5.95 Å². The maximum Gasteiger partial charge on any atom is 0.245 e. The molecule has 0 saturated carbocycles. The Hall–Kier alpha value is -2.02. The summed E-state index contributed by atoms with van der Waals surface area (Å²) >= 11 is 0. The van der Waals surface area contributed by atoms with Crippen LogP contribution < -0.4 is 10.6 Å². The summed E-state index contributed by atoms with van der Waals surface area (Å²) in [6, 6.07) is 3.77. The number of rotatable bonds is 2. The van der Waals surface area contributed by atoms with Gasteiger partial charge in [0.2, 0.25) is 5.95 Å². The molecule has 0 radical (unpaired) electrons. The van der Waals surface area contributed by atoms with E-state index in [1.807, 2.05) is 4.90 Å². The molecule has 1 aliphatic rings. The lowest BCUT2D eigenvalue weighted by atomic mass is 10.2. The van der Waals surface area contributed by atoms with Crippen LogP contribution in [-0.2, 0) is 0 Å². The first-order valence-corrected chi connectivity index (χ1v) is 6.02. The molecule has 3 rings (SSSR count). The molecule has 7 heteroatoms. The van der Waals surface area contributed by atoms with Crippen LogP contribution in [0.2, 0.25) is 0 Å². The summed E-state index contributed by atoms with van der Waals surface area (Å²) in [4.78, 5) is 6.03. The summed E-state index contributed by atoms with van der Waals surface area (Å²) in [6.07, 6.45) is 0.859. The Morgan fingerprint density at radius 1 is 1.32 bits per heavy atom. The largest absolute Gasteiger partial charge is 0.338 e. The Morgan fingerprint density at radius 3 is 2.68 bits per heavy atom. The number of nitrogens with one attached hydrogen (secondary N) is 1. The number of hydrogen-bond donors (Lipinski definition) is 2. The summed E-state index contributed by atoms with van der Waals surface area (Å²) in [7, 11) is 0. The second-order valence-electron chi connectivity index (χ2n) is 4.58. The predicted molar refractivity (Wildman–Crippen MR) is 66.5 cm³/mol. The van der Waals surface area contributed by atoms with Crippen LogP contribution in [-0.4, -0.2) is 34.3 Å². The Bertz CT molecular complexity index is 577. The quantitative estimate of drug-likeness (QED) is 0.858. The van der Waals surface area contributed by atoms with E-state index in [1.165, 1.54) is 18.2 Å². The minimum absolute atomic E-state index is 0.0890. The van der Waals surface area contributed by atoms with Gasteiger partial charge < -0.3 is 10.6 Å². The fourth-order valence-corrected chi connectivity index (χ4v) is 2.20. The van der Waals surface area contributed by atoms with Crippen molar-refractivity contribution in [1.82, 2.24) is 15.2 Å². The summed E-state index contributed by atoms with van der Waals surface area (Å²) in [5, 5.41) is 6.56. The average molecular weight is 265 g/mol. The molecule has 0 spiro atoms. The molecule has 1 aromatic carbocycles. The SMILES string of the molecule is NC1CCN(c2n[nH]c(-c3c(F)cccc3F)n2)C1. The Balaban J connectivity index is 1.93. The van der Waals surface area contributed by atoms with E-state index in [0.717, 1.165) is 13.0 Å². The number of anilines is 1. The smallest absolute Gasteiger partial charge is 0.245 e. The zero-order chi connectivity index (χ0) is 13.4. The van der Waals surface area contributed by atoms with E-state index < -0.39 is 11.6 Å². The third-order valence-electron chi connectivity index (χ3n) is 3.18. The number of H-pyrrole nitrogens is 1. The van der Waals surface area contributed by atoms with Crippen molar-refractivity contribution in [3.63, 3.8) is 0 Å². The van der Waals surface area contributed by atoms with Crippen LogP contribution in [0, 0.1) is 11.6 Å². The molecular formula is C12H13F2N5. The second-order valence-corrected chi connectivity index (χ2v) is 4.58. The van der Waals surface area contributed by atoms with Crippen LogP contribution in [0.25, 0.3) is 11.4 Å². The number of aromatic nitrogens is 3. The van der Waals surface area contributed by atoms with Gasteiger partial charge in [0.05, 0.1) is 5.56 Å². The zero-order valence-electron chi connectivity index (χ0n) is 10.1. The van der Waals surface area contributed by atoms with Crippen molar-refractivity contribution in [2.24, 2.45) is 5.73 Å². The summed E-state index contributed by atoms with van der Waals surface area (Å²) in [6.45, 7) is 1.40. The number of halogens is 2. The highest BCUT2D eigenvalue weighted by molar-refractivity contribution is 5.58. The molecule has 1 aromatic heterocycles. The van der Waals surface area contributed by atoms with Gasteiger partial charge in [-0.05, 0) is 18.6 Å². The molecule has 5 nitrogen and oxygen atoms in total. The number of benzene rings is 1. The molecule has 1 saturated heterocycles. The lowest BCUT2D eigenvalue weighted by Gasteiger charge is -2.11. The maximum atomic E-state index is 13.6. The Morgan fingerprint density at radius 2 is 2.05 bits per heavy atom. The van der Waals surface area contributed by atoms with E-state index in [2.05, 4.69) is 15.2 Å². The van der Waals surface area contributed by atoms with Crippen molar-refractivity contribution in [2.75, 3.05) is 18.0 Å². The minimum atomic E-state index is -0.666. The lowest BCUT2D eigenvalue weighted by molar-refractivity contribution is 0.587. The topological polar surface area (TPSA) is 70.8 Å². The van der Waals surface area contributed by atoms with Gasteiger partial charge in [-0.1, -0.05) is 6.07 Å². The van der Waals surface area contributed by atoms with Gasteiger partial charge in [-0.3, -0.25) is 5.10 Å². The monoisotopic (exact) mass is 265 g/mol. The molecule has 0 aliphatic carbocycles. The highest BCUT2D eigenvalue weighted by Gasteiger charge is 2.23. The summed E-state index contributed by atoms with van der Waals surface area (Å²) in [5.74, 6) is -0.821. The number of nitrogens with zero attached hydrogens (tertiary/aromatic N) is 3. The molecule has 2 aromatic rings. The van der Waals surface area contributed by atoms with Crippen LogP contribution >= 0.6 is 0 Å². The van der Waals surface area contributed by atoms with E-state index in [4.69, 9.17) is 5.73 Å². The van der Waals surface area contributed by atoms with E-state index in [-0.39, 0.29) is 17.4 Å².